The number of aliphatic hydroxyl groups excluding tert-OH is 1. The molecule has 5 atom stereocenters. The molecule has 0 aliphatic heterocycles. The number of aliphatic hydroxyl groups is 1. The highest BCUT2D eigenvalue weighted by Crippen LogP contribution is 2.04. The summed E-state index contributed by atoms with van der Waals surface area (Å²) in [6, 6.07) is -6.15. The lowest BCUT2D eigenvalue weighted by Gasteiger charge is -2.21. The number of hydrogen-bond acceptors (Lipinski definition) is 16. The molecule has 0 rings (SSSR count). The van der Waals surface area contributed by atoms with Gasteiger partial charge >= 0.3 is 5.97 Å². The Kier molecular flexibility index (Phi) is 31.7. The number of carboxylic acid groups (broad SMARTS) is 1. The van der Waals surface area contributed by atoms with Crippen molar-refractivity contribution in [3.05, 3.63) is 0 Å². The maximum Gasteiger partial charge on any atom is 0.322 e. The zero-order valence-electron chi connectivity index (χ0n) is 37.4. The van der Waals surface area contributed by atoms with Gasteiger partial charge in [-0.1, -0.05) is 0 Å². The van der Waals surface area contributed by atoms with Crippen molar-refractivity contribution in [2.24, 2.45) is 50.1 Å². The normalized spacial score (nSPS) is 12.8. The Balaban J connectivity index is 5.42. The van der Waals surface area contributed by atoms with Crippen molar-refractivity contribution < 1.29 is 58.2 Å². The highest BCUT2D eigenvalue weighted by molar-refractivity contribution is 5.96. The van der Waals surface area contributed by atoms with E-state index in [1.54, 1.807) is 0 Å². The first-order valence-electron chi connectivity index (χ1n) is 21.4. The molecule has 0 spiro atoms. The van der Waals surface area contributed by atoms with Gasteiger partial charge in [-0.05, 0) is 77.3 Å². The van der Waals surface area contributed by atoms with E-state index in [-0.39, 0.29) is 63.7 Å². The number of carboxylic acids is 1. The van der Waals surface area contributed by atoms with Crippen LogP contribution in [0.25, 0.3) is 0 Å². The van der Waals surface area contributed by atoms with Gasteiger partial charge in [0.15, 0.2) is 11.9 Å². The SMILES string of the molecule is NCCCC[C@H](NC(=O)CNC(=O)CNC(=O)[C@H](CCCCN)NC(=O)CNC(=O)[C@H](CCCN=C(N)N)NC(=O)CNC(=O)[C@H](CO)NC(=O)[C@@H](N)CCCN=C(N)N)C(=O)NCC(=O)O. The van der Waals surface area contributed by atoms with Crippen LogP contribution in [0.3, 0.4) is 0 Å². The Morgan fingerprint density at radius 3 is 1.18 bits per heavy atom. The largest absolute Gasteiger partial charge is 0.480 e. The number of nitrogens with one attached hydrogen (secondary N) is 9. The lowest BCUT2D eigenvalue weighted by Crippen LogP contribution is -2.55. The van der Waals surface area contributed by atoms with E-state index in [9.17, 15) is 53.1 Å². The van der Waals surface area contributed by atoms with Gasteiger partial charge in [0.1, 0.15) is 30.7 Å². The van der Waals surface area contributed by atoms with Crippen molar-refractivity contribution in [2.45, 2.75) is 94.4 Å². The number of nitrogens with zero attached hydrogens (tertiary/aromatic N) is 2. The predicted octanol–water partition coefficient (Wildman–Crippen LogP) is -9.72. The molecule has 0 aliphatic rings. The van der Waals surface area contributed by atoms with Crippen LogP contribution in [0.5, 0.6) is 0 Å². The first-order chi connectivity index (χ1) is 31.7. The summed E-state index contributed by atoms with van der Waals surface area (Å²) in [5.74, 6) is -9.02. The maximum atomic E-state index is 13.2. The Labute approximate surface area is 386 Å². The Hall–Kier alpha value is -6.92. The van der Waals surface area contributed by atoms with Gasteiger partial charge in [0.25, 0.3) is 0 Å². The lowest BCUT2D eigenvalue weighted by molar-refractivity contribution is -0.138. The summed E-state index contributed by atoms with van der Waals surface area (Å²) in [7, 11) is 0. The fraction of sp³-hybridized carbons (Fsp3) is 0.676. The van der Waals surface area contributed by atoms with Crippen LogP contribution < -0.4 is 88.0 Å². The minimum atomic E-state index is -1.48. The van der Waals surface area contributed by atoms with Crippen LogP contribution in [0.15, 0.2) is 9.98 Å². The molecule has 0 saturated carbocycles. The molecule has 380 valence electrons. The van der Waals surface area contributed by atoms with Crippen molar-refractivity contribution in [3.8, 4) is 0 Å². The van der Waals surface area contributed by atoms with Crippen molar-refractivity contribution in [3.63, 3.8) is 0 Å². The fourth-order valence-corrected chi connectivity index (χ4v) is 5.55. The molecule has 0 aliphatic carbocycles. The highest BCUT2D eigenvalue weighted by Gasteiger charge is 2.27. The molecule has 0 aromatic rings. The van der Waals surface area contributed by atoms with E-state index < -0.39 is 129 Å². The molecule has 0 aromatic carbocycles. The number of aliphatic carboxylic acids is 1. The molecule has 0 bridgehead atoms. The number of aliphatic imine (C=N–C) groups is 2. The number of rotatable bonds is 36. The molecule has 0 radical (unpaired) electrons. The number of carbonyl (C=O) groups excluding carboxylic acids is 9. The predicted molar refractivity (Wildman–Crippen MR) is 241 cm³/mol. The number of amides is 9. The van der Waals surface area contributed by atoms with E-state index in [0.29, 0.717) is 38.6 Å². The van der Waals surface area contributed by atoms with E-state index in [0.717, 1.165) is 0 Å². The minimum Gasteiger partial charge on any atom is -0.480 e. The Bertz CT molecular complexity index is 1690. The Morgan fingerprint density at radius 1 is 0.433 bits per heavy atom. The molecular formula is C37H70N18O12. The van der Waals surface area contributed by atoms with Gasteiger partial charge in [0.2, 0.25) is 53.2 Å². The topological polar surface area (TPSA) is 526 Å². The van der Waals surface area contributed by atoms with E-state index in [1.165, 1.54) is 0 Å². The molecule has 30 heteroatoms. The molecule has 30 nitrogen and oxygen atoms in total. The van der Waals surface area contributed by atoms with Gasteiger partial charge in [0, 0.05) is 13.1 Å². The summed E-state index contributed by atoms with van der Waals surface area (Å²) < 4.78 is 0. The number of hydrogen-bond donors (Lipinski definition) is 18. The second-order valence-electron chi connectivity index (χ2n) is 14.7. The first-order valence-corrected chi connectivity index (χ1v) is 21.4. The molecule has 0 saturated heterocycles. The van der Waals surface area contributed by atoms with Crippen LogP contribution in [0.2, 0.25) is 0 Å². The van der Waals surface area contributed by atoms with Gasteiger partial charge in [-0.2, -0.15) is 0 Å². The third-order valence-corrected chi connectivity index (χ3v) is 9.04. The van der Waals surface area contributed by atoms with Crippen LogP contribution in [0.4, 0.5) is 0 Å². The summed E-state index contributed by atoms with van der Waals surface area (Å²) in [6.07, 6.45) is 2.68. The zero-order chi connectivity index (χ0) is 50.7. The van der Waals surface area contributed by atoms with Crippen LogP contribution in [-0.2, 0) is 47.9 Å². The van der Waals surface area contributed by atoms with Crippen molar-refractivity contribution in [1.29, 1.82) is 0 Å². The number of unbranched alkanes of at least 4 members (excludes halogenated alkanes) is 2. The molecule has 0 aromatic heterocycles. The summed E-state index contributed by atoms with van der Waals surface area (Å²) >= 11 is 0. The molecule has 0 heterocycles. The summed E-state index contributed by atoms with van der Waals surface area (Å²) in [5.41, 5.74) is 38.1. The fourth-order valence-electron chi connectivity index (χ4n) is 5.55. The van der Waals surface area contributed by atoms with Crippen LogP contribution in [0.1, 0.15) is 64.2 Å². The molecule has 0 unspecified atom stereocenters. The summed E-state index contributed by atoms with van der Waals surface area (Å²) in [5, 5.41) is 39.5. The number of guanidine groups is 2. The van der Waals surface area contributed by atoms with Crippen LogP contribution in [0, 0.1) is 0 Å². The van der Waals surface area contributed by atoms with Crippen LogP contribution >= 0.6 is 0 Å². The standard InChI is InChI=1S/C37H70N18O12/c38-11-3-1-8-22(32(64)48-15-26(57)47-16-27(58)52-23(9-2-4-12-39)34(66)51-19-30(61)62)53-28(59)17-49-33(65)24(10-6-14-46-37(43)44)54-29(60)18-50-35(67)25(20-56)55-31(63)21(40)7-5-13-45-36(41)42/h21-25,56H,1-20,38-40H2,(H,47,57)(H,48,64)(H,49,65)(H,50,67)(H,51,66)(H,52,58)(H,53,59)(H,54,60)(H,55,63)(H,61,62)(H4,41,42,45)(H4,43,44,46)/t21-,22-,23-,24-,25-/m0/s1. The van der Waals surface area contributed by atoms with Gasteiger partial charge in [0.05, 0.1) is 38.8 Å². The van der Waals surface area contributed by atoms with E-state index in [1.807, 2.05) is 0 Å². The monoisotopic (exact) mass is 959 g/mol. The van der Waals surface area contributed by atoms with Crippen molar-refractivity contribution in [2.75, 3.05) is 65.5 Å². The third-order valence-electron chi connectivity index (χ3n) is 9.04. The third kappa shape index (κ3) is 30.0. The van der Waals surface area contributed by atoms with Crippen LogP contribution in [-0.4, -0.2) is 177 Å². The molecule has 0 fully saturated rings. The van der Waals surface area contributed by atoms with Crippen molar-refractivity contribution in [1.82, 2.24) is 47.9 Å². The maximum absolute atomic E-state index is 13.2. The summed E-state index contributed by atoms with van der Waals surface area (Å²) in [4.78, 5) is 133. The Morgan fingerprint density at radius 2 is 0.791 bits per heavy atom. The van der Waals surface area contributed by atoms with E-state index in [2.05, 4.69) is 57.8 Å². The molecular weight excluding hydrogens is 889 g/mol. The lowest BCUT2D eigenvalue weighted by atomic mass is 10.1. The average molecular weight is 959 g/mol. The number of nitrogens with two attached hydrogens (primary N) is 7. The highest BCUT2D eigenvalue weighted by atomic mass is 16.4. The molecule has 67 heavy (non-hydrogen) atoms. The first kappa shape index (κ1) is 60.1. The van der Waals surface area contributed by atoms with Crippen molar-refractivity contribution >= 4 is 71.1 Å². The molecule has 9 amide bonds. The minimum absolute atomic E-state index is 0.0499. The smallest absolute Gasteiger partial charge is 0.322 e. The second-order valence-corrected chi connectivity index (χ2v) is 14.7. The van der Waals surface area contributed by atoms with E-state index in [4.69, 9.17) is 45.2 Å². The quantitative estimate of drug-likeness (QED) is 0.0157. The molecule has 25 N–H and O–H groups in total. The summed E-state index contributed by atoms with van der Waals surface area (Å²) in [6.45, 7) is -3.25. The van der Waals surface area contributed by atoms with E-state index >= 15 is 0 Å². The van der Waals surface area contributed by atoms with Gasteiger partial charge in [-0.15, -0.1) is 0 Å². The van der Waals surface area contributed by atoms with Gasteiger partial charge in [-0.25, -0.2) is 0 Å². The van der Waals surface area contributed by atoms with Gasteiger partial charge < -0.3 is 98.2 Å². The number of carbonyl (C=O) groups is 10. The second kappa shape index (κ2) is 35.4. The average Bonchev–Trinajstić information content (AvgIpc) is 3.28. The van der Waals surface area contributed by atoms with Gasteiger partial charge in [-0.3, -0.25) is 57.9 Å². The zero-order valence-corrected chi connectivity index (χ0v) is 37.4.